The molecular weight excluding hydrogens is 206 g/mol. The van der Waals surface area contributed by atoms with Crippen molar-refractivity contribution < 1.29 is 14.0 Å². The largest absolute Gasteiger partial charge is 0.461 e. The van der Waals surface area contributed by atoms with Crippen LogP contribution in [0.1, 0.15) is 36.2 Å². The van der Waals surface area contributed by atoms with E-state index < -0.39 is 0 Å². The lowest BCUT2D eigenvalue weighted by Crippen LogP contribution is -2.35. The molecule has 0 spiro atoms. The lowest BCUT2D eigenvalue weighted by molar-refractivity contribution is -0.130. The molecule has 1 aromatic rings. The first kappa shape index (κ1) is 10.9. The van der Waals surface area contributed by atoms with E-state index in [2.05, 4.69) is 0 Å². The van der Waals surface area contributed by atoms with Crippen molar-refractivity contribution in [2.24, 2.45) is 0 Å². The van der Waals surface area contributed by atoms with E-state index in [1.165, 1.54) is 6.26 Å². The predicted octanol–water partition coefficient (Wildman–Crippen LogP) is 1.86. The fraction of sp³-hybridized carbons (Fsp3) is 0.500. The Morgan fingerprint density at radius 1 is 1.38 bits per heavy atom. The molecule has 1 saturated heterocycles. The molecule has 4 nitrogen and oxygen atoms in total. The van der Waals surface area contributed by atoms with Crippen molar-refractivity contribution in [2.75, 3.05) is 13.1 Å². The van der Waals surface area contributed by atoms with Gasteiger partial charge in [0.25, 0.3) is 0 Å². The average Bonchev–Trinajstić information content (AvgIpc) is 2.73. The first-order chi connectivity index (χ1) is 7.77. The molecule has 0 bridgehead atoms. The van der Waals surface area contributed by atoms with E-state index >= 15 is 0 Å². The number of amides is 1. The average molecular weight is 221 g/mol. The molecule has 86 valence electrons. The van der Waals surface area contributed by atoms with Gasteiger partial charge < -0.3 is 9.32 Å². The molecule has 0 saturated carbocycles. The zero-order valence-corrected chi connectivity index (χ0v) is 9.15. The first-order valence-electron chi connectivity index (χ1n) is 5.62. The predicted molar refractivity (Wildman–Crippen MR) is 58.1 cm³/mol. The van der Waals surface area contributed by atoms with Gasteiger partial charge >= 0.3 is 0 Å². The Morgan fingerprint density at radius 3 is 3.00 bits per heavy atom. The summed E-state index contributed by atoms with van der Waals surface area (Å²) in [6.07, 6.45) is 5.02. The van der Waals surface area contributed by atoms with E-state index in [4.69, 9.17) is 4.42 Å². The van der Waals surface area contributed by atoms with Gasteiger partial charge in [-0.3, -0.25) is 9.59 Å². The summed E-state index contributed by atoms with van der Waals surface area (Å²) in [4.78, 5) is 25.0. The molecule has 0 N–H and O–H groups in total. The van der Waals surface area contributed by atoms with E-state index in [1.54, 1.807) is 17.0 Å². The monoisotopic (exact) mass is 221 g/mol. The topological polar surface area (TPSA) is 50.5 Å². The van der Waals surface area contributed by atoms with E-state index in [0.717, 1.165) is 19.3 Å². The highest BCUT2D eigenvalue weighted by atomic mass is 16.3. The molecule has 16 heavy (non-hydrogen) atoms. The number of Topliss-reactive ketones (excluding diaryl/α,β-unsaturated/α-hetero) is 1. The Balaban J connectivity index is 1.97. The molecule has 0 aromatic carbocycles. The molecule has 1 fully saturated rings. The minimum absolute atomic E-state index is 0.0809. The maximum absolute atomic E-state index is 11.7. The molecule has 0 radical (unpaired) electrons. The van der Waals surface area contributed by atoms with Gasteiger partial charge in [0.05, 0.1) is 12.8 Å². The summed E-state index contributed by atoms with van der Waals surface area (Å²) in [7, 11) is 0. The van der Waals surface area contributed by atoms with Gasteiger partial charge in [-0.2, -0.15) is 0 Å². The Bertz CT molecular complexity index is 370. The molecule has 2 heterocycles. The van der Waals surface area contributed by atoms with Crippen LogP contribution < -0.4 is 0 Å². The zero-order chi connectivity index (χ0) is 11.4. The van der Waals surface area contributed by atoms with Crippen LogP contribution in [0.3, 0.4) is 0 Å². The number of carbonyl (C=O) groups is 2. The van der Waals surface area contributed by atoms with E-state index in [0.29, 0.717) is 18.7 Å². The number of ketones is 1. The van der Waals surface area contributed by atoms with Gasteiger partial charge in [0.15, 0.2) is 5.76 Å². The quantitative estimate of drug-likeness (QED) is 0.732. The molecule has 0 unspecified atom stereocenters. The summed E-state index contributed by atoms with van der Waals surface area (Å²) in [5.41, 5.74) is 0. The summed E-state index contributed by atoms with van der Waals surface area (Å²) >= 11 is 0. The van der Waals surface area contributed by atoms with E-state index in [-0.39, 0.29) is 18.2 Å². The Hall–Kier alpha value is -1.58. The lowest BCUT2D eigenvalue weighted by atomic mass is 10.2. The standard InChI is InChI=1S/C12H15NO3/c14-10(11-5-4-8-16-11)9-13-7-3-1-2-6-12(13)15/h4-5,8H,1-3,6-7,9H2. The number of likely N-dealkylation sites (tertiary alicyclic amines) is 1. The summed E-state index contributed by atoms with van der Waals surface area (Å²) in [6, 6.07) is 3.31. The third kappa shape index (κ3) is 2.51. The molecule has 1 aromatic heterocycles. The second-order valence-electron chi connectivity index (χ2n) is 4.03. The summed E-state index contributed by atoms with van der Waals surface area (Å²) in [5.74, 6) is 0.287. The minimum Gasteiger partial charge on any atom is -0.461 e. The lowest BCUT2D eigenvalue weighted by Gasteiger charge is -2.18. The van der Waals surface area contributed by atoms with Gasteiger partial charge in [0, 0.05) is 13.0 Å². The zero-order valence-electron chi connectivity index (χ0n) is 9.15. The Labute approximate surface area is 94.2 Å². The molecule has 1 aliphatic rings. The van der Waals surface area contributed by atoms with Crippen LogP contribution in [0.2, 0.25) is 0 Å². The van der Waals surface area contributed by atoms with Crippen molar-refractivity contribution in [3.8, 4) is 0 Å². The van der Waals surface area contributed by atoms with Crippen LogP contribution in [0, 0.1) is 0 Å². The first-order valence-corrected chi connectivity index (χ1v) is 5.62. The molecular formula is C12H15NO3. The highest BCUT2D eigenvalue weighted by Gasteiger charge is 2.20. The smallest absolute Gasteiger partial charge is 0.222 e. The van der Waals surface area contributed by atoms with Crippen molar-refractivity contribution in [2.45, 2.75) is 25.7 Å². The summed E-state index contributed by atoms with van der Waals surface area (Å²) in [5, 5.41) is 0. The number of rotatable bonds is 3. The van der Waals surface area contributed by atoms with Crippen molar-refractivity contribution in [3.63, 3.8) is 0 Å². The molecule has 1 amide bonds. The van der Waals surface area contributed by atoms with Crippen molar-refractivity contribution in [1.82, 2.24) is 4.90 Å². The third-order valence-electron chi connectivity index (χ3n) is 2.80. The highest BCUT2D eigenvalue weighted by Crippen LogP contribution is 2.12. The summed E-state index contributed by atoms with van der Waals surface area (Å²) < 4.78 is 5.02. The second-order valence-corrected chi connectivity index (χ2v) is 4.03. The van der Waals surface area contributed by atoms with Gasteiger partial charge in [-0.05, 0) is 25.0 Å². The molecule has 2 rings (SSSR count). The molecule has 4 heteroatoms. The van der Waals surface area contributed by atoms with E-state index in [9.17, 15) is 9.59 Å². The number of hydrogen-bond donors (Lipinski definition) is 0. The van der Waals surface area contributed by atoms with Gasteiger partial charge in [0.1, 0.15) is 0 Å². The third-order valence-corrected chi connectivity index (χ3v) is 2.80. The molecule has 0 aliphatic carbocycles. The van der Waals surface area contributed by atoms with Gasteiger partial charge in [-0.1, -0.05) is 6.42 Å². The van der Waals surface area contributed by atoms with E-state index in [1.807, 2.05) is 0 Å². The molecule has 0 atom stereocenters. The Morgan fingerprint density at radius 2 is 2.25 bits per heavy atom. The number of hydrogen-bond acceptors (Lipinski definition) is 3. The maximum atomic E-state index is 11.7. The van der Waals surface area contributed by atoms with Crippen LogP contribution in [-0.4, -0.2) is 29.7 Å². The normalized spacial score (nSPS) is 17.2. The van der Waals surface area contributed by atoms with Gasteiger partial charge in [-0.25, -0.2) is 0 Å². The van der Waals surface area contributed by atoms with Crippen LogP contribution >= 0.6 is 0 Å². The van der Waals surface area contributed by atoms with Crippen LogP contribution in [0.25, 0.3) is 0 Å². The number of furan rings is 1. The second kappa shape index (κ2) is 4.96. The SMILES string of the molecule is O=C(CN1CCCCCC1=O)c1ccco1. The fourth-order valence-electron chi connectivity index (χ4n) is 1.89. The maximum Gasteiger partial charge on any atom is 0.222 e. The highest BCUT2D eigenvalue weighted by molar-refractivity contribution is 5.97. The van der Waals surface area contributed by atoms with Crippen molar-refractivity contribution in [3.05, 3.63) is 24.2 Å². The summed E-state index contributed by atoms with van der Waals surface area (Å²) in [6.45, 7) is 0.831. The van der Waals surface area contributed by atoms with Crippen LogP contribution in [0.5, 0.6) is 0 Å². The van der Waals surface area contributed by atoms with Crippen molar-refractivity contribution in [1.29, 1.82) is 0 Å². The number of nitrogens with zero attached hydrogens (tertiary/aromatic N) is 1. The van der Waals surface area contributed by atoms with Crippen LogP contribution in [0.15, 0.2) is 22.8 Å². The minimum atomic E-state index is -0.125. The Kier molecular flexibility index (Phi) is 3.39. The van der Waals surface area contributed by atoms with Crippen LogP contribution in [-0.2, 0) is 4.79 Å². The van der Waals surface area contributed by atoms with Crippen LogP contribution in [0.4, 0.5) is 0 Å². The molecule has 1 aliphatic heterocycles. The number of carbonyl (C=O) groups excluding carboxylic acids is 2. The van der Waals surface area contributed by atoms with Crippen molar-refractivity contribution >= 4 is 11.7 Å². The van der Waals surface area contributed by atoms with Gasteiger partial charge in [0.2, 0.25) is 11.7 Å². The van der Waals surface area contributed by atoms with Gasteiger partial charge in [-0.15, -0.1) is 0 Å². The fourth-order valence-corrected chi connectivity index (χ4v) is 1.89.